The first kappa shape index (κ1) is 14.5. The first-order valence-electron chi connectivity index (χ1n) is 7.91. The smallest absolute Gasteiger partial charge is 0.338 e. The molecule has 4 heteroatoms. The minimum atomic E-state index is -0.312. The highest BCUT2D eigenvalue weighted by atomic mass is 16.5. The van der Waals surface area contributed by atoms with Crippen LogP contribution in [0.4, 0.5) is 0 Å². The maximum absolute atomic E-state index is 12.5. The van der Waals surface area contributed by atoms with E-state index >= 15 is 0 Å². The number of esters is 1. The van der Waals surface area contributed by atoms with Gasteiger partial charge in [-0.25, -0.2) is 4.79 Å². The lowest BCUT2D eigenvalue weighted by atomic mass is 10.0. The average molecular weight is 316 g/mol. The first-order valence-corrected chi connectivity index (χ1v) is 7.91. The molecule has 0 unspecified atom stereocenters. The highest BCUT2D eigenvalue weighted by Gasteiger charge is 2.16. The van der Waals surface area contributed by atoms with E-state index < -0.39 is 0 Å². The molecule has 0 radical (unpaired) electrons. The van der Waals surface area contributed by atoms with Crippen molar-refractivity contribution in [3.05, 3.63) is 66.4 Å². The Morgan fingerprint density at radius 3 is 2.71 bits per heavy atom. The van der Waals surface area contributed by atoms with Crippen LogP contribution in [-0.2, 0) is 4.74 Å². The second-order valence-corrected chi connectivity index (χ2v) is 5.55. The summed E-state index contributed by atoms with van der Waals surface area (Å²) < 4.78 is 5.25. The number of nitrogens with one attached hydrogen (secondary N) is 1. The number of aromatic amines is 1. The number of nitrogens with zero attached hydrogens (tertiary/aromatic N) is 1. The van der Waals surface area contributed by atoms with Gasteiger partial charge in [0.2, 0.25) is 0 Å². The molecule has 4 aromatic rings. The lowest BCUT2D eigenvalue weighted by Gasteiger charge is -2.11. The fourth-order valence-electron chi connectivity index (χ4n) is 2.98. The molecule has 0 aliphatic carbocycles. The van der Waals surface area contributed by atoms with Crippen LogP contribution in [0.3, 0.4) is 0 Å². The van der Waals surface area contributed by atoms with Crippen molar-refractivity contribution < 1.29 is 9.53 Å². The van der Waals surface area contributed by atoms with E-state index in [9.17, 15) is 4.79 Å². The van der Waals surface area contributed by atoms with Crippen LogP contribution in [0.5, 0.6) is 0 Å². The van der Waals surface area contributed by atoms with Gasteiger partial charge in [-0.1, -0.05) is 30.3 Å². The predicted octanol–water partition coefficient (Wildman–Crippen LogP) is 4.56. The largest absolute Gasteiger partial charge is 0.462 e. The molecule has 0 spiro atoms. The van der Waals surface area contributed by atoms with E-state index in [-0.39, 0.29) is 5.97 Å². The minimum absolute atomic E-state index is 0.312. The Hall–Kier alpha value is -3.14. The van der Waals surface area contributed by atoms with Crippen LogP contribution in [0.1, 0.15) is 17.3 Å². The number of carbonyl (C=O) groups excluding carboxylic acids is 1. The molecule has 1 N–H and O–H groups in total. The molecule has 0 fully saturated rings. The summed E-state index contributed by atoms with van der Waals surface area (Å²) in [5.74, 6) is -0.312. The Morgan fingerprint density at radius 1 is 1.08 bits per heavy atom. The van der Waals surface area contributed by atoms with E-state index in [2.05, 4.69) is 9.97 Å². The summed E-state index contributed by atoms with van der Waals surface area (Å²) in [4.78, 5) is 20.3. The molecule has 0 atom stereocenters. The van der Waals surface area contributed by atoms with E-state index in [0.29, 0.717) is 12.2 Å². The topological polar surface area (TPSA) is 55.0 Å². The molecule has 4 rings (SSSR count). The zero-order valence-electron chi connectivity index (χ0n) is 13.2. The number of hydrogen-bond acceptors (Lipinski definition) is 3. The number of fused-ring (bicyclic) bond motifs is 3. The number of hydrogen-bond donors (Lipinski definition) is 1. The summed E-state index contributed by atoms with van der Waals surface area (Å²) in [6.45, 7) is 2.16. The van der Waals surface area contributed by atoms with Crippen LogP contribution in [0, 0.1) is 0 Å². The standard InChI is InChI=1S/C20H16N2O2/c1-2-24-20(23)16-12-18(13-6-4-3-5-7-13)22-19-14(16)8-9-17-15(19)10-11-21-17/h3-12,22H,2H2,1H3. The highest BCUT2D eigenvalue weighted by Crippen LogP contribution is 2.30. The second-order valence-electron chi connectivity index (χ2n) is 5.55. The van der Waals surface area contributed by atoms with E-state index in [0.717, 1.165) is 33.1 Å². The van der Waals surface area contributed by atoms with Gasteiger partial charge in [0.1, 0.15) is 0 Å². The van der Waals surface area contributed by atoms with Gasteiger partial charge >= 0.3 is 5.97 Å². The lowest BCUT2D eigenvalue weighted by Crippen LogP contribution is -2.06. The summed E-state index contributed by atoms with van der Waals surface area (Å²) in [6, 6.07) is 17.6. The molecular weight excluding hydrogens is 300 g/mol. The third kappa shape index (κ3) is 2.33. The molecule has 4 nitrogen and oxygen atoms in total. The van der Waals surface area contributed by atoms with Gasteiger partial charge in [-0.15, -0.1) is 0 Å². The molecule has 0 saturated carbocycles. The van der Waals surface area contributed by atoms with Crippen LogP contribution in [0.2, 0.25) is 0 Å². The molecule has 2 heterocycles. The van der Waals surface area contributed by atoms with Crippen LogP contribution >= 0.6 is 0 Å². The Labute approximate surface area is 139 Å². The highest BCUT2D eigenvalue weighted by molar-refractivity contribution is 6.12. The maximum Gasteiger partial charge on any atom is 0.338 e. The monoisotopic (exact) mass is 316 g/mol. The normalized spacial score (nSPS) is 11.0. The fourth-order valence-corrected chi connectivity index (χ4v) is 2.98. The van der Waals surface area contributed by atoms with E-state index in [1.165, 1.54) is 0 Å². The molecule has 0 aliphatic rings. The molecule has 0 aliphatic heterocycles. The van der Waals surface area contributed by atoms with Gasteiger partial charge in [-0.2, -0.15) is 0 Å². The maximum atomic E-state index is 12.5. The fraction of sp³-hybridized carbons (Fsp3) is 0.100. The summed E-state index contributed by atoms with van der Waals surface area (Å²) in [7, 11) is 0. The number of H-pyrrole nitrogens is 1. The van der Waals surface area contributed by atoms with Crippen molar-refractivity contribution in [2.24, 2.45) is 0 Å². The quantitative estimate of drug-likeness (QED) is 0.564. The van der Waals surface area contributed by atoms with Crippen molar-refractivity contribution in [2.45, 2.75) is 6.92 Å². The summed E-state index contributed by atoms with van der Waals surface area (Å²) in [6.07, 6.45) is 1.77. The Morgan fingerprint density at radius 2 is 1.92 bits per heavy atom. The Balaban J connectivity index is 2.06. The van der Waals surface area contributed by atoms with Crippen molar-refractivity contribution in [3.63, 3.8) is 0 Å². The number of benzene rings is 2. The van der Waals surface area contributed by atoms with Crippen LogP contribution < -0.4 is 0 Å². The summed E-state index contributed by atoms with van der Waals surface area (Å²) in [5.41, 5.74) is 4.25. The van der Waals surface area contributed by atoms with Gasteiger partial charge in [0.05, 0.1) is 23.2 Å². The van der Waals surface area contributed by atoms with Gasteiger partial charge in [0.25, 0.3) is 0 Å². The first-order chi connectivity index (χ1) is 11.8. The SMILES string of the molecule is CCOC(=O)c1cc(-c2ccccc2)[nH]c2c1ccc1nccc12. The zero-order valence-corrected chi connectivity index (χ0v) is 13.2. The van der Waals surface area contributed by atoms with Crippen molar-refractivity contribution in [1.82, 2.24) is 9.97 Å². The number of carbonyl (C=O) groups is 1. The molecular formula is C20H16N2O2. The number of aromatic nitrogens is 2. The third-order valence-electron chi connectivity index (χ3n) is 4.10. The van der Waals surface area contributed by atoms with Crippen molar-refractivity contribution in [2.75, 3.05) is 6.61 Å². The zero-order chi connectivity index (χ0) is 16.5. The summed E-state index contributed by atoms with van der Waals surface area (Å²) >= 11 is 0. The third-order valence-corrected chi connectivity index (χ3v) is 4.10. The number of pyridine rings is 1. The van der Waals surface area contributed by atoms with Gasteiger partial charge in [0, 0.05) is 22.7 Å². The Bertz CT molecular complexity index is 1040. The molecule has 2 aromatic heterocycles. The van der Waals surface area contributed by atoms with Gasteiger partial charge in [-0.3, -0.25) is 4.98 Å². The minimum Gasteiger partial charge on any atom is -0.462 e. The molecule has 0 saturated heterocycles. The number of ether oxygens (including phenoxy) is 1. The summed E-state index contributed by atoms with van der Waals surface area (Å²) in [5, 5.41) is 1.84. The van der Waals surface area contributed by atoms with E-state index in [4.69, 9.17) is 4.74 Å². The molecule has 24 heavy (non-hydrogen) atoms. The van der Waals surface area contributed by atoms with Crippen molar-refractivity contribution in [3.8, 4) is 11.3 Å². The van der Waals surface area contributed by atoms with Crippen LogP contribution in [0.25, 0.3) is 33.1 Å². The van der Waals surface area contributed by atoms with Crippen LogP contribution in [-0.4, -0.2) is 22.5 Å². The van der Waals surface area contributed by atoms with Crippen molar-refractivity contribution >= 4 is 27.8 Å². The molecule has 0 bridgehead atoms. The van der Waals surface area contributed by atoms with Gasteiger partial charge < -0.3 is 9.72 Å². The second kappa shape index (κ2) is 5.81. The predicted molar refractivity (Wildman–Crippen MR) is 95.0 cm³/mol. The lowest BCUT2D eigenvalue weighted by molar-refractivity contribution is 0.0528. The number of rotatable bonds is 3. The van der Waals surface area contributed by atoms with E-state index in [1.807, 2.05) is 61.5 Å². The molecule has 2 aromatic carbocycles. The molecule has 0 amide bonds. The Kier molecular flexibility index (Phi) is 3.50. The van der Waals surface area contributed by atoms with Gasteiger partial charge in [0.15, 0.2) is 0 Å². The van der Waals surface area contributed by atoms with Gasteiger partial charge in [-0.05, 0) is 36.8 Å². The molecule has 118 valence electrons. The van der Waals surface area contributed by atoms with E-state index in [1.54, 1.807) is 6.20 Å². The van der Waals surface area contributed by atoms with Crippen LogP contribution in [0.15, 0.2) is 60.8 Å². The average Bonchev–Trinajstić information content (AvgIpc) is 3.11. The van der Waals surface area contributed by atoms with Crippen molar-refractivity contribution in [1.29, 1.82) is 0 Å².